The smallest absolute Gasteiger partial charge is 0.243 e. The molecule has 0 radical (unpaired) electrons. The Morgan fingerprint density at radius 2 is 1.55 bits per heavy atom. The quantitative estimate of drug-likeness (QED) is 0.453. The molecule has 0 bridgehead atoms. The van der Waals surface area contributed by atoms with E-state index >= 15 is 0 Å². The van der Waals surface area contributed by atoms with Gasteiger partial charge in [-0.3, -0.25) is 4.79 Å². The highest BCUT2D eigenvalue weighted by molar-refractivity contribution is 5.90. The van der Waals surface area contributed by atoms with Crippen LogP contribution in [0.1, 0.15) is 13.8 Å². The maximum atomic E-state index is 9.82. The third-order valence-electron chi connectivity index (χ3n) is 0.769. The fourth-order valence-electron chi connectivity index (χ4n) is 0. The molecule has 0 rings (SSSR count). The highest BCUT2D eigenvalue weighted by Gasteiger charge is 1.86. The van der Waals surface area contributed by atoms with E-state index in [-0.39, 0.29) is 0 Å². The van der Waals surface area contributed by atoms with Gasteiger partial charge in [0.2, 0.25) is 5.91 Å². The van der Waals surface area contributed by atoms with E-state index in [9.17, 15) is 4.79 Å². The third kappa shape index (κ3) is 17.6. The molecule has 0 heterocycles. The van der Waals surface area contributed by atoms with Crippen molar-refractivity contribution in [2.24, 2.45) is 11.5 Å². The van der Waals surface area contributed by atoms with Crippen LogP contribution in [0, 0.1) is 0 Å². The van der Waals surface area contributed by atoms with Gasteiger partial charge in [-0.25, -0.2) is 0 Å². The molecule has 0 spiro atoms. The number of nitrogens with two attached hydrogens (primary N) is 2. The van der Waals surface area contributed by atoms with Crippen LogP contribution in [0.3, 0.4) is 0 Å². The topological polar surface area (TPSA) is 69.1 Å². The normalized spacial score (nSPS) is 7.55. The summed E-state index contributed by atoms with van der Waals surface area (Å²) in [5.41, 5.74) is 11.2. The van der Waals surface area contributed by atoms with E-state index in [1.165, 1.54) is 0 Å². The Morgan fingerprint density at radius 3 is 1.55 bits per heavy atom. The van der Waals surface area contributed by atoms with E-state index in [1.807, 2.05) is 6.92 Å². The molecule has 0 aliphatic carbocycles. The summed E-state index contributed by atoms with van der Waals surface area (Å²) in [6.07, 6.45) is 0. The van der Waals surface area contributed by atoms with Crippen molar-refractivity contribution in [2.45, 2.75) is 13.8 Å². The summed E-state index contributed by atoms with van der Waals surface area (Å²) in [6.45, 7) is 10.9. The van der Waals surface area contributed by atoms with Crippen molar-refractivity contribution >= 4 is 5.91 Å². The molecule has 1 amide bonds. The zero-order valence-electron chi connectivity index (χ0n) is 7.18. The first-order valence-corrected chi connectivity index (χ1v) is 3.21. The van der Waals surface area contributed by atoms with Gasteiger partial charge in [0.05, 0.1) is 0 Å². The van der Waals surface area contributed by atoms with Gasteiger partial charge in [-0.15, -0.1) is 0 Å². The molecule has 0 unspecified atom stereocenters. The van der Waals surface area contributed by atoms with Crippen molar-refractivity contribution in [1.82, 2.24) is 0 Å². The van der Waals surface area contributed by atoms with Gasteiger partial charge in [0.25, 0.3) is 0 Å². The predicted molar refractivity (Wildman–Crippen MR) is 47.9 cm³/mol. The average molecular weight is 156 g/mol. The zero-order chi connectivity index (χ0) is 9.44. The average Bonchev–Trinajstić information content (AvgIpc) is 1.89. The molecular weight excluding hydrogens is 140 g/mol. The third-order valence-corrected chi connectivity index (χ3v) is 0.769. The van der Waals surface area contributed by atoms with E-state index in [2.05, 4.69) is 13.2 Å². The van der Waals surface area contributed by atoms with E-state index < -0.39 is 5.91 Å². The highest BCUT2D eigenvalue weighted by atomic mass is 16.1. The molecule has 0 aromatic rings. The van der Waals surface area contributed by atoms with Gasteiger partial charge < -0.3 is 11.5 Å². The summed E-state index contributed by atoms with van der Waals surface area (Å²) < 4.78 is 0. The van der Waals surface area contributed by atoms with Crippen LogP contribution in [0.4, 0.5) is 0 Å². The SMILES string of the molecule is C=C(C)C(N)=O.C=C(C)CN. The van der Waals surface area contributed by atoms with E-state index in [0.717, 1.165) is 5.57 Å². The van der Waals surface area contributed by atoms with Crippen LogP contribution in [0.15, 0.2) is 24.3 Å². The number of rotatable bonds is 2. The van der Waals surface area contributed by atoms with E-state index in [1.54, 1.807) is 6.92 Å². The number of carbonyl (C=O) groups is 1. The molecular formula is C8H16N2O. The first kappa shape index (κ1) is 12.6. The Kier molecular flexibility index (Phi) is 8.03. The Labute approximate surface area is 67.8 Å². The molecule has 0 saturated heterocycles. The summed E-state index contributed by atoms with van der Waals surface area (Å²) in [4.78, 5) is 9.82. The minimum atomic E-state index is -0.435. The number of carbonyl (C=O) groups excluding carboxylic acids is 1. The lowest BCUT2D eigenvalue weighted by Crippen LogP contribution is -2.10. The molecule has 0 aromatic heterocycles. The summed E-state index contributed by atoms with van der Waals surface area (Å²) in [6, 6.07) is 0. The van der Waals surface area contributed by atoms with E-state index in [4.69, 9.17) is 11.5 Å². The lowest BCUT2D eigenvalue weighted by Gasteiger charge is -1.81. The Bertz CT molecular complexity index is 149. The lowest BCUT2D eigenvalue weighted by atomic mass is 10.3. The van der Waals surface area contributed by atoms with Gasteiger partial charge in [0, 0.05) is 12.1 Å². The van der Waals surface area contributed by atoms with Crippen molar-refractivity contribution < 1.29 is 4.79 Å². The summed E-state index contributed by atoms with van der Waals surface area (Å²) in [5, 5.41) is 0. The summed E-state index contributed by atoms with van der Waals surface area (Å²) in [7, 11) is 0. The second kappa shape index (κ2) is 7.02. The molecule has 4 N–H and O–H groups in total. The van der Waals surface area contributed by atoms with Gasteiger partial charge in [-0.05, 0) is 13.8 Å². The van der Waals surface area contributed by atoms with Crippen molar-refractivity contribution in [3.8, 4) is 0 Å². The largest absolute Gasteiger partial charge is 0.366 e. The van der Waals surface area contributed by atoms with Crippen LogP contribution >= 0.6 is 0 Å². The van der Waals surface area contributed by atoms with Gasteiger partial charge in [-0.1, -0.05) is 18.7 Å². The molecule has 0 fully saturated rings. The summed E-state index contributed by atoms with van der Waals surface area (Å²) >= 11 is 0. The fourth-order valence-corrected chi connectivity index (χ4v) is 0. The number of amides is 1. The van der Waals surface area contributed by atoms with Crippen molar-refractivity contribution in [2.75, 3.05) is 6.54 Å². The molecule has 0 aliphatic rings. The number of hydrogen-bond donors (Lipinski definition) is 2. The van der Waals surface area contributed by atoms with Gasteiger partial charge in [0.15, 0.2) is 0 Å². The van der Waals surface area contributed by atoms with Crippen LogP contribution in [-0.4, -0.2) is 12.5 Å². The Balaban J connectivity index is 0. The summed E-state index contributed by atoms with van der Waals surface area (Å²) in [5.74, 6) is -0.435. The monoisotopic (exact) mass is 156 g/mol. The zero-order valence-corrected chi connectivity index (χ0v) is 7.18. The van der Waals surface area contributed by atoms with Crippen LogP contribution in [0.5, 0.6) is 0 Å². The van der Waals surface area contributed by atoms with Gasteiger partial charge in [0.1, 0.15) is 0 Å². The van der Waals surface area contributed by atoms with Crippen molar-refractivity contribution in [1.29, 1.82) is 0 Å². The second-order valence-corrected chi connectivity index (χ2v) is 2.31. The van der Waals surface area contributed by atoms with Crippen LogP contribution in [-0.2, 0) is 4.79 Å². The molecule has 0 atom stereocenters. The van der Waals surface area contributed by atoms with Gasteiger partial charge >= 0.3 is 0 Å². The maximum absolute atomic E-state index is 9.82. The second-order valence-electron chi connectivity index (χ2n) is 2.31. The maximum Gasteiger partial charge on any atom is 0.243 e. The molecule has 0 saturated carbocycles. The van der Waals surface area contributed by atoms with Crippen LogP contribution in [0.25, 0.3) is 0 Å². The van der Waals surface area contributed by atoms with Crippen LogP contribution < -0.4 is 11.5 Å². The number of hydrogen-bond acceptors (Lipinski definition) is 2. The van der Waals surface area contributed by atoms with Crippen LogP contribution in [0.2, 0.25) is 0 Å². The molecule has 0 aromatic carbocycles. The first-order chi connectivity index (χ1) is 4.91. The molecule has 3 nitrogen and oxygen atoms in total. The minimum absolute atomic E-state index is 0.398. The lowest BCUT2D eigenvalue weighted by molar-refractivity contribution is -0.114. The first-order valence-electron chi connectivity index (χ1n) is 3.21. The van der Waals surface area contributed by atoms with Gasteiger partial charge in [-0.2, -0.15) is 0 Å². The minimum Gasteiger partial charge on any atom is -0.366 e. The number of primary amides is 1. The predicted octanol–water partition coefficient (Wildman–Crippen LogP) is 0.569. The molecule has 0 aliphatic heterocycles. The molecule has 64 valence electrons. The Morgan fingerprint density at radius 1 is 1.36 bits per heavy atom. The standard InChI is InChI=1S/C4H7NO.C4H9N/c1-3(2)4(5)6;1-4(2)3-5/h1H2,2H3,(H2,5,6);1,3,5H2,2H3. The van der Waals surface area contributed by atoms with Crippen molar-refractivity contribution in [3.63, 3.8) is 0 Å². The van der Waals surface area contributed by atoms with Crippen molar-refractivity contribution in [3.05, 3.63) is 24.3 Å². The molecule has 11 heavy (non-hydrogen) atoms. The fraction of sp³-hybridized carbons (Fsp3) is 0.375. The van der Waals surface area contributed by atoms with E-state index in [0.29, 0.717) is 12.1 Å². The Hall–Kier alpha value is -1.09. The highest BCUT2D eigenvalue weighted by Crippen LogP contribution is 1.78. The molecule has 3 heteroatoms.